The molecule has 0 spiro atoms. The SMILES string of the molecule is Cc1nnc(C)n1-c1ccc(N)cc1. The van der Waals surface area contributed by atoms with E-state index in [9.17, 15) is 0 Å². The molecule has 2 N–H and O–H groups in total. The second kappa shape index (κ2) is 3.14. The molecule has 1 aromatic heterocycles. The van der Waals surface area contributed by atoms with Gasteiger partial charge in [-0.15, -0.1) is 10.2 Å². The molecule has 0 bridgehead atoms. The zero-order valence-electron chi connectivity index (χ0n) is 8.23. The van der Waals surface area contributed by atoms with E-state index in [4.69, 9.17) is 5.73 Å². The zero-order chi connectivity index (χ0) is 10.1. The van der Waals surface area contributed by atoms with Crippen LogP contribution in [0.2, 0.25) is 0 Å². The van der Waals surface area contributed by atoms with Crippen molar-refractivity contribution in [3.05, 3.63) is 35.9 Å². The number of nitrogen functional groups attached to an aromatic ring is 1. The number of rotatable bonds is 1. The molecule has 1 aromatic carbocycles. The smallest absolute Gasteiger partial charge is 0.134 e. The Morgan fingerprint density at radius 2 is 1.50 bits per heavy atom. The van der Waals surface area contributed by atoms with E-state index in [0.29, 0.717) is 0 Å². The lowest BCUT2D eigenvalue weighted by Crippen LogP contribution is -1.99. The third-order valence-corrected chi connectivity index (χ3v) is 2.14. The largest absolute Gasteiger partial charge is 0.399 e. The van der Waals surface area contributed by atoms with Crippen molar-refractivity contribution >= 4 is 5.69 Å². The van der Waals surface area contributed by atoms with E-state index in [1.165, 1.54) is 0 Å². The summed E-state index contributed by atoms with van der Waals surface area (Å²) in [5, 5.41) is 7.99. The molecule has 0 radical (unpaired) electrons. The highest BCUT2D eigenvalue weighted by atomic mass is 15.3. The second-order valence-electron chi connectivity index (χ2n) is 3.22. The summed E-state index contributed by atoms with van der Waals surface area (Å²) in [6.45, 7) is 3.85. The van der Waals surface area contributed by atoms with Crippen LogP contribution in [0.4, 0.5) is 5.69 Å². The molecule has 0 saturated heterocycles. The van der Waals surface area contributed by atoms with Crippen molar-refractivity contribution < 1.29 is 0 Å². The molecule has 0 amide bonds. The first-order valence-electron chi connectivity index (χ1n) is 4.43. The number of nitrogens with zero attached hydrogens (tertiary/aromatic N) is 3. The van der Waals surface area contributed by atoms with E-state index in [0.717, 1.165) is 23.0 Å². The Balaban J connectivity index is 2.54. The van der Waals surface area contributed by atoms with Gasteiger partial charge in [-0.3, -0.25) is 4.57 Å². The van der Waals surface area contributed by atoms with Crippen LogP contribution < -0.4 is 5.73 Å². The maximum Gasteiger partial charge on any atom is 0.134 e. The average molecular weight is 188 g/mol. The topological polar surface area (TPSA) is 56.7 Å². The van der Waals surface area contributed by atoms with Crippen LogP contribution in [-0.2, 0) is 0 Å². The number of aromatic nitrogens is 3. The Morgan fingerprint density at radius 1 is 1.00 bits per heavy atom. The van der Waals surface area contributed by atoms with Gasteiger partial charge in [0.2, 0.25) is 0 Å². The first kappa shape index (κ1) is 8.74. The molecular formula is C10H12N4. The number of aryl methyl sites for hydroxylation is 2. The highest BCUT2D eigenvalue weighted by Crippen LogP contribution is 2.13. The van der Waals surface area contributed by atoms with Gasteiger partial charge in [0.25, 0.3) is 0 Å². The van der Waals surface area contributed by atoms with Crippen molar-refractivity contribution in [1.82, 2.24) is 14.8 Å². The predicted octanol–water partition coefficient (Wildman–Crippen LogP) is 1.47. The van der Waals surface area contributed by atoms with Crippen LogP contribution in [-0.4, -0.2) is 14.8 Å². The Hall–Kier alpha value is -1.84. The molecule has 2 aromatic rings. The van der Waals surface area contributed by atoms with E-state index < -0.39 is 0 Å². The molecule has 1 heterocycles. The predicted molar refractivity (Wildman–Crippen MR) is 55.2 cm³/mol. The van der Waals surface area contributed by atoms with Gasteiger partial charge in [-0.2, -0.15) is 0 Å². The highest BCUT2D eigenvalue weighted by Gasteiger charge is 2.05. The number of benzene rings is 1. The van der Waals surface area contributed by atoms with Crippen molar-refractivity contribution in [3.8, 4) is 5.69 Å². The molecule has 0 aliphatic carbocycles. The minimum atomic E-state index is 0.761. The molecule has 2 rings (SSSR count). The van der Waals surface area contributed by atoms with E-state index in [1.807, 2.05) is 42.7 Å². The lowest BCUT2D eigenvalue weighted by molar-refractivity contribution is 0.938. The first-order chi connectivity index (χ1) is 6.68. The standard InChI is InChI=1S/C10H12N4/c1-7-12-13-8(2)14(7)10-5-3-9(11)4-6-10/h3-6H,11H2,1-2H3. The maximum atomic E-state index is 5.62. The Morgan fingerprint density at radius 3 is 2.00 bits per heavy atom. The van der Waals surface area contributed by atoms with Gasteiger partial charge in [0.15, 0.2) is 0 Å². The third kappa shape index (κ3) is 1.35. The lowest BCUT2D eigenvalue weighted by atomic mass is 10.3. The minimum Gasteiger partial charge on any atom is -0.399 e. The van der Waals surface area contributed by atoms with Crippen LogP contribution >= 0.6 is 0 Å². The van der Waals surface area contributed by atoms with Crippen molar-refractivity contribution in [1.29, 1.82) is 0 Å². The van der Waals surface area contributed by atoms with Gasteiger partial charge in [0.1, 0.15) is 11.6 Å². The van der Waals surface area contributed by atoms with Gasteiger partial charge >= 0.3 is 0 Å². The summed E-state index contributed by atoms with van der Waals surface area (Å²) >= 11 is 0. The van der Waals surface area contributed by atoms with Gasteiger partial charge in [-0.25, -0.2) is 0 Å². The van der Waals surface area contributed by atoms with Gasteiger partial charge in [-0.1, -0.05) is 0 Å². The molecule has 0 unspecified atom stereocenters. The summed E-state index contributed by atoms with van der Waals surface area (Å²) in [5.74, 6) is 1.76. The Kier molecular flexibility index (Phi) is 1.96. The van der Waals surface area contributed by atoms with Crippen LogP contribution in [0.3, 0.4) is 0 Å². The number of nitrogens with two attached hydrogens (primary N) is 1. The molecule has 0 fully saturated rings. The van der Waals surface area contributed by atoms with Crippen LogP contribution in [0.1, 0.15) is 11.6 Å². The first-order valence-corrected chi connectivity index (χ1v) is 4.43. The van der Waals surface area contributed by atoms with Crippen molar-refractivity contribution in [2.24, 2.45) is 0 Å². The van der Waals surface area contributed by atoms with E-state index in [1.54, 1.807) is 0 Å². The van der Waals surface area contributed by atoms with E-state index >= 15 is 0 Å². The lowest BCUT2D eigenvalue weighted by Gasteiger charge is -2.05. The van der Waals surface area contributed by atoms with Gasteiger partial charge in [-0.05, 0) is 38.1 Å². The Bertz CT molecular complexity index is 422. The third-order valence-electron chi connectivity index (χ3n) is 2.14. The fraction of sp³-hybridized carbons (Fsp3) is 0.200. The molecule has 0 atom stereocenters. The van der Waals surface area contributed by atoms with Crippen molar-refractivity contribution in [2.75, 3.05) is 5.73 Å². The van der Waals surface area contributed by atoms with E-state index in [2.05, 4.69) is 10.2 Å². The zero-order valence-corrected chi connectivity index (χ0v) is 8.23. The fourth-order valence-electron chi connectivity index (χ4n) is 1.47. The Labute approximate surface area is 82.4 Å². The monoisotopic (exact) mass is 188 g/mol. The molecule has 14 heavy (non-hydrogen) atoms. The summed E-state index contributed by atoms with van der Waals surface area (Å²) in [4.78, 5) is 0. The van der Waals surface area contributed by atoms with Gasteiger partial charge in [0.05, 0.1) is 0 Å². The molecular weight excluding hydrogens is 176 g/mol. The van der Waals surface area contributed by atoms with Crippen LogP contribution in [0.15, 0.2) is 24.3 Å². The van der Waals surface area contributed by atoms with Gasteiger partial charge in [0, 0.05) is 11.4 Å². The normalized spacial score (nSPS) is 10.4. The molecule has 0 saturated carbocycles. The van der Waals surface area contributed by atoms with Crippen LogP contribution in [0.25, 0.3) is 5.69 Å². The summed E-state index contributed by atoms with van der Waals surface area (Å²) in [5.41, 5.74) is 7.42. The summed E-state index contributed by atoms with van der Waals surface area (Å²) < 4.78 is 1.99. The maximum absolute atomic E-state index is 5.62. The molecule has 4 heteroatoms. The fourth-order valence-corrected chi connectivity index (χ4v) is 1.47. The number of anilines is 1. The molecule has 0 aliphatic heterocycles. The summed E-state index contributed by atoms with van der Waals surface area (Å²) in [7, 11) is 0. The average Bonchev–Trinajstić information content (AvgIpc) is 2.49. The highest BCUT2D eigenvalue weighted by molar-refractivity contribution is 5.45. The summed E-state index contributed by atoms with van der Waals surface area (Å²) in [6, 6.07) is 7.65. The van der Waals surface area contributed by atoms with Crippen LogP contribution in [0.5, 0.6) is 0 Å². The van der Waals surface area contributed by atoms with E-state index in [-0.39, 0.29) is 0 Å². The quantitative estimate of drug-likeness (QED) is 0.689. The number of hydrogen-bond acceptors (Lipinski definition) is 3. The minimum absolute atomic E-state index is 0.761. The van der Waals surface area contributed by atoms with Crippen LogP contribution in [0, 0.1) is 13.8 Å². The second-order valence-corrected chi connectivity index (χ2v) is 3.22. The molecule has 4 nitrogen and oxygen atoms in total. The summed E-state index contributed by atoms with van der Waals surface area (Å²) in [6.07, 6.45) is 0. The molecule has 72 valence electrons. The van der Waals surface area contributed by atoms with Gasteiger partial charge < -0.3 is 5.73 Å². The number of hydrogen-bond donors (Lipinski definition) is 1. The molecule has 0 aliphatic rings. The van der Waals surface area contributed by atoms with Crippen molar-refractivity contribution in [3.63, 3.8) is 0 Å². The van der Waals surface area contributed by atoms with Crippen molar-refractivity contribution in [2.45, 2.75) is 13.8 Å².